The van der Waals surface area contributed by atoms with Gasteiger partial charge in [-0.1, -0.05) is 28.1 Å². The van der Waals surface area contributed by atoms with E-state index >= 15 is 0 Å². The molecule has 3 rings (SSSR count). The van der Waals surface area contributed by atoms with Crippen LogP contribution in [-0.2, 0) is 6.61 Å². The normalized spacial score (nSPS) is 10.7. The van der Waals surface area contributed by atoms with Gasteiger partial charge in [-0.2, -0.15) is 5.10 Å². The third-order valence-corrected chi connectivity index (χ3v) is 4.08. The highest BCUT2D eigenvalue weighted by Gasteiger charge is 2.04. The molecule has 1 N–H and O–H groups in total. The molecule has 0 unspecified atom stereocenters. The summed E-state index contributed by atoms with van der Waals surface area (Å²) in [4.78, 5) is 14.0. The number of hydrogen-bond donors (Lipinski definition) is 1. The van der Waals surface area contributed by atoms with Crippen molar-refractivity contribution in [2.75, 3.05) is 5.43 Å². The second-order valence-corrected chi connectivity index (χ2v) is 6.43. The molecule has 0 fully saturated rings. The van der Waals surface area contributed by atoms with E-state index in [2.05, 4.69) is 31.4 Å². The number of benzene rings is 2. The molecule has 0 bridgehead atoms. The fourth-order valence-corrected chi connectivity index (χ4v) is 2.39. The molecule has 27 heavy (non-hydrogen) atoms. The van der Waals surface area contributed by atoms with E-state index in [0.29, 0.717) is 12.4 Å². The summed E-state index contributed by atoms with van der Waals surface area (Å²) in [5.41, 5.74) is 4.62. The monoisotopic (exact) mass is 426 g/mol. The van der Waals surface area contributed by atoms with Gasteiger partial charge in [-0.25, -0.2) is 4.98 Å². The molecule has 0 saturated heterocycles. The Hall–Kier alpha value is -3.26. The third kappa shape index (κ3) is 5.61. The van der Waals surface area contributed by atoms with E-state index in [1.165, 1.54) is 18.3 Å². The second kappa shape index (κ2) is 8.91. The van der Waals surface area contributed by atoms with E-state index in [9.17, 15) is 10.1 Å². The van der Waals surface area contributed by atoms with Crippen LogP contribution in [0, 0.1) is 10.1 Å². The van der Waals surface area contributed by atoms with Crippen LogP contribution in [0.25, 0.3) is 0 Å². The van der Waals surface area contributed by atoms with Gasteiger partial charge >= 0.3 is 0 Å². The Bertz CT molecular complexity index is 927. The summed E-state index contributed by atoms with van der Waals surface area (Å²) in [7, 11) is 0. The molecule has 0 saturated carbocycles. The Kier molecular flexibility index (Phi) is 6.11. The molecule has 7 nitrogen and oxygen atoms in total. The predicted molar refractivity (Wildman–Crippen MR) is 107 cm³/mol. The molecule has 3 aromatic rings. The van der Waals surface area contributed by atoms with Crippen LogP contribution >= 0.6 is 15.9 Å². The van der Waals surface area contributed by atoms with Gasteiger partial charge in [0.2, 0.25) is 0 Å². The zero-order valence-corrected chi connectivity index (χ0v) is 15.7. The van der Waals surface area contributed by atoms with Gasteiger partial charge in [-0.05, 0) is 53.6 Å². The second-order valence-electron chi connectivity index (χ2n) is 5.51. The lowest BCUT2D eigenvalue weighted by atomic mass is 10.2. The number of halogens is 1. The largest absolute Gasteiger partial charge is 0.489 e. The average molecular weight is 427 g/mol. The molecule has 0 radical (unpaired) electrons. The van der Waals surface area contributed by atoms with E-state index < -0.39 is 4.92 Å². The molecule has 0 aliphatic heterocycles. The first-order valence-electron chi connectivity index (χ1n) is 7.97. The Morgan fingerprint density at radius 1 is 1.11 bits per heavy atom. The first-order valence-corrected chi connectivity index (χ1v) is 8.76. The zero-order chi connectivity index (χ0) is 19.1. The highest BCUT2D eigenvalue weighted by Crippen LogP contribution is 2.16. The Morgan fingerprint density at radius 2 is 1.85 bits per heavy atom. The van der Waals surface area contributed by atoms with Crippen molar-refractivity contribution >= 4 is 33.6 Å². The molecule has 0 amide bonds. The van der Waals surface area contributed by atoms with Crippen LogP contribution in [0.4, 0.5) is 11.5 Å². The summed E-state index contributed by atoms with van der Waals surface area (Å²) in [5.74, 6) is 1.19. The smallest absolute Gasteiger partial charge is 0.287 e. The quantitative estimate of drug-likeness (QED) is 0.333. The summed E-state index contributed by atoms with van der Waals surface area (Å²) >= 11 is 3.40. The maximum absolute atomic E-state index is 10.6. The van der Waals surface area contributed by atoms with Crippen molar-refractivity contribution in [1.82, 2.24) is 4.98 Å². The number of pyridine rings is 1. The van der Waals surface area contributed by atoms with Crippen molar-refractivity contribution in [3.63, 3.8) is 0 Å². The Morgan fingerprint density at radius 3 is 2.48 bits per heavy atom. The lowest BCUT2D eigenvalue weighted by Crippen LogP contribution is -1.96. The summed E-state index contributed by atoms with van der Waals surface area (Å²) in [6.07, 6.45) is 2.80. The van der Waals surface area contributed by atoms with Crippen LogP contribution in [0.5, 0.6) is 5.75 Å². The van der Waals surface area contributed by atoms with Crippen LogP contribution in [-0.4, -0.2) is 16.1 Å². The fraction of sp³-hybridized carbons (Fsp3) is 0.0526. The van der Waals surface area contributed by atoms with Crippen LogP contribution in [0.3, 0.4) is 0 Å². The molecule has 1 heterocycles. The van der Waals surface area contributed by atoms with E-state index in [4.69, 9.17) is 4.74 Å². The number of ether oxygens (including phenoxy) is 1. The average Bonchev–Trinajstić information content (AvgIpc) is 2.69. The molecule has 8 heteroatoms. The maximum Gasteiger partial charge on any atom is 0.287 e. The molecule has 136 valence electrons. The van der Waals surface area contributed by atoms with E-state index in [1.807, 2.05) is 48.5 Å². The number of nitrogens with one attached hydrogen (secondary N) is 1. The molecule has 0 spiro atoms. The molecule has 2 aromatic carbocycles. The number of hydrogen-bond acceptors (Lipinski definition) is 6. The number of rotatable bonds is 7. The minimum absolute atomic E-state index is 0.0664. The SMILES string of the molecule is O=[N+]([O-])c1ccc(N/N=C\c2ccc(OCc3ccc(Br)cc3)cc2)nc1. The van der Waals surface area contributed by atoms with Crippen molar-refractivity contribution in [2.45, 2.75) is 6.61 Å². The Labute approximate surface area is 164 Å². The number of aromatic nitrogens is 1. The van der Waals surface area contributed by atoms with Crippen molar-refractivity contribution < 1.29 is 9.66 Å². The van der Waals surface area contributed by atoms with Gasteiger partial charge in [0, 0.05) is 10.5 Å². The highest BCUT2D eigenvalue weighted by atomic mass is 79.9. The number of nitrogens with zero attached hydrogens (tertiary/aromatic N) is 3. The maximum atomic E-state index is 10.6. The summed E-state index contributed by atoms with van der Waals surface area (Å²) in [6.45, 7) is 0.494. The van der Waals surface area contributed by atoms with Crippen molar-refractivity contribution in [3.05, 3.63) is 92.6 Å². The van der Waals surface area contributed by atoms with Crippen molar-refractivity contribution in [3.8, 4) is 5.75 Å². The topological polar surface area (TPSA) is 89.7 Å². The predicted octanol–water partition coefficient (Wildman–Crippen LogP) is 4.78. The highest BCUT2D eigenvalue weighted by molar-refractivity contribution is 9.10. The van der Waals surface area contributed by atoms with Crippen molar-refractivity contribution in [1.29, 1.82) is 0 Å². The van der Waals surface area contributed by atoms with Crippen LogP contribution in [0.2, 0.25) is 0 Å². The van der Waals surface area contributed by atoms with Gasteiger partial charge < -0.3 is 4.74 Å². The lowest BCUT2D eigenvalue weighted by Gasteiger charge is -2.06. The molecule has 1 aromatic heterocycles. The first kappa shape index (κ1) is 18.5. The molecule has 0 atom stereocenters. The van der Waals surface area contributed by atoms with Crippen LogP contribution < -0.4 is 10.2 Å². The minimum atomic E-state index is -0.500. The minimum Gasteiger partial charge on any atom is -0.489 e. The van der Waals surface area contributed by atoms with Gasteiger partial charge in [0.1, 0.15) is 24.4 Å². The standard InChI is InChI=1S/C19H15BrN4O3/c20-16-5-1-15(2-6-16)13-27-18-8-3-14(4-9-18)11-22-23-19-10-7-17(12-21-19)24(25)26/h1-12H,13H2,(H,21,23)/b22-11-. The molecule has 0 aliphatic carbocycles. The van der Waals surface area contributed by atoms with E-state index in [0.717, 1.165) is 21.3 Å². The molecular weight excluding hydrogens is 412 g/mol. The van der Waals surface area contributed by atoms with E-state index in [-0.39, 0.29) is 5.69 Å². The van der Waals surface area contributed by atoms with Crippen LogP contribution in [0.15, 0.2) is 76.4 Å². The fourth-order valence-electron chi connectivity index (χ4n) is 2.13. The summed E-state index contributed by atoms with van der Waals surface area (Å²) in [6, 6.07) is 18.3. The number of hydrazone groups is 1. The van der Waals surface area contributed by atoms with Gasteiger partial charge in [0.05, 0.1) is 11.1 Å². The Balaban J connectivity index is 1.51. The van der Waals surface area contributed by atoms with Gasteiger partial charge in [0.15, 0.2) is 0 Å². The first-order chi connectivity index (χ1) is 13.1. The van der Waals surface area contributed by atoms with Crippen LogP contribution in [0.1, 0.15) is 11.1 Å². The third-order valence-electron chi connectivity index (χ3n) is 3.55. The zero-order valence-electron chi connectivity index (χ0n) is 14.1. The van der Waals surface area contributed by atoms with Crippen molar-refractivity contribution in [2.24, 2.45) is 5.10 Å². The van der Waals surface area contributed by atoms with E-state index in [1.54, 1.807) is 6.21 Å². The van der Waals surface area contributed by atoms with Gasteiger partial charge in [-0.15, -0.1) is 0 Å². The number of nitro groups is 1. The molecule has 0 aliphatic rings. The number of anilines is 1. The van der Waals surface area contributed by atoms with Gasteiger partial charge in [-0.3, -0.25) is 15.5 Å². The summed E-state index contributed by atoms with van der Waals surface area (Å²) in [5, 5.41) is 14.6. The molecular formula is C19H15BrN4O3. The van der Waals surface area contributed by atoms with Gasteiger partial charge in [0.25, 0.3) is 5.69 Å². The lowest BCUT2D eigenvalue weighted by molar-refractivity contribution is -0.385. The summed E-state index contributed by atoms with van der Waals surface area (Å²) < 4.78 is 6.79.